The van der Waals surface area contributed by atoms with E-state index in [9.17, 15) is 4.79 Å². The smallest absolute Gasteiger partial charge is 0.307 e. The van der Waals surface area contributed by atoms with Crippen molar-refractivity contribution in [3.8, 4) is 0 Å². The molecule has 1 N–H and O–H groups in total. The lowest BCUT2D eigenvalue weighted by Crippen LogP contribution is -2.43. The van der Waals surface area contributed by atoms with Crippen molar-refractivity contribution in [2.24, 2.45) is 11.3 Å². The lowest BCUT2D eigenvalue weighted by atomic mass is 9.84. The average Bonchev–Trinajstić information content (AvgIpc) is 2.01. The van der Waals surface area contributed by atoms with Crippen LogP contribution in [0.3, 0.4) is 0 Å². The minimum absolute atomic E-state index is 0.246. The molecule has 1 heterocycles. The molecule has 0 amide bonds. The lowest BCUT2D eigenvalue weighted by molar-refractivity contribution is -0.142. The van der Waals surface area contributed by atoms with Crippen molar-refractivity contribution in [1.82, 2.24) is 4.90 Å². The summed E-state index contributed by atoms with van der Waals surface area (Å²) in [4.78, 5) is 13.0. The fourth-order valence-corrected chi connectivity index (χ4v) is 2.17. The molecule has 0 radical (unpaired) electrons. The molecule has 0 saturated carbocycles. The van der Waals surface area contributed by atoms with Crippen molar-refractivity contribution in [2.45, 2.75) is 33.6 Å². The Morgan fingerprint density at radius 2 is 2.21 bits per heavy atom. The highest BCUT2D eigenvalue weighted by Gasteiger charge is 2.27. The van der Waals surface area contributed by atoms with Gasteiger partial charge in [0.25, 0.3) is 0 Å². The van der Waals surface area contributed by atoms with Gasteiger partial charge in [-0.05, 0) is 24.8 Å². The van der Waals surface area contributed by atoms with E-state index in [4.69, 9.17) is 5.11 Å². The second-order valence-electron chi connectivity index (χ2n) is 5.24. The van der Waals surface area contributed by atoms with Gasteiger partial charge >= 0.3 is 5.97 Å². The Labute approximate surface area is 86.1 Å². The van der Waals surface area contributed by atoms with Crippen LogP contribution in [-0.4, -0.2) is 35.6 Å². The van der Waals surface area contributed by atoms with Crippen molar-refractivity contribution in [3.63, 3.8) is 0 Å². The van der Waals surface area contributed by atoms with Crippen molar-refractivity contribution in [2.75, 3.05) is 19.6 Å². The first kappa shape index (κ1) is 11.5. The molecule has 0 aliphatic carbocycles. The molecule has 1 fully saturated rings. The monoisotopic (exact) mass is 199 g/mol. The second kappa shape index (κ2) is 4.30. The lowest BCUT2D eigenvalue weighted by Gasteiger charge is -2.38. The molecule has 0 bridgehead atoms. The number of carbonyl (C=O) groups is 1. The number of nitrogens with zero attached hydrogens (tertiary/aromatic N) is 1. The molecule has 1 saturated heterocycles. The number of piperidine rings is 1. The zero-order chi connectivity index (χ0) is 10.8. The summed E-state index contributed by atoms with van der Waals surface area (Å²) in [5.74, 6) is -0.933. The maximum absolute atomic E-state index is 10.7. The Bertz CT molecular complexity index is 213. The fourth-order valence-electron chi connectivity index (χ4n) is 2.17. The summed E-state index contributed by atoms with van der Waals surface area (Å²) >= 11 is 0. The van der Waals surface area contributed by atoms with Gasteiger partial charge in [-0.25, -0.2) is 0 Å². The first-order valence-electron chi connectivity index (χ1n) is 5.36. The molecule has 82 valence electrons. The van der Waals surface area contributed by atoms with E-state index in [1.54, 1.807) is 6.92 Å². The van der Waals surface area contributed by atoms with E-state index in [1.165, 1.54) is 12.8 Å². The van der Waals surface area contributed by atoms with Crippen LogP contribution in [0.15, 0.2) is 0 Å². The largest absolute Gasteiger partial charge is 0.481 e. The van der Waals surface area contributed by atoms with E-state index < -0.39 is 5.97 Å². The highest BCUT2D eigenvalue weighted by molar-refractivity contribution is 5.69. The quantitative estimate of drug-likeness (QED) is 0.754. The van der Waals surface area contributed by atoms with Gasteiger partial charge in [0.1, 0.15) is 0 Å². The number of likely N-dealkylation sites (tertiary alicyclic amines) is 1. The molecule has 0 aromatic carbocycles. The van der Waals surface area contributed by atoms with Crippen LogP contribution < -0.4 is 0 Å². The average molecular weight is 199 g/mol. The highest BCUT2D eigenvalue weighted by atomic mass is 16.4. The second-order valence-corrected chi connectivity index (χ2v) is 5.24. The summed E-state index contributed by atoms with van der Waals surface area (Å²) in [5.41, 5.74) is 0.358. The summed E-state index contributed by atoms with van der Waals surface area (Å²) in [6.45, 7) is 9.07. The maximum atomic E-state index is 10.7. The van der Waals surface area contributed by atoms with Gasteiger partial charge in [-0.1, -0.05) is 20.8 Å². The van der Waals surface area contributed by atoms with E-state index in [0.29, 0.717) is 12.0 Å². The van der Waals surface area contributed by atoms with Gasteiger partial charge in [-0.2, -0.15) is 0 Å². The van der Waals surface area contributed by atoms with E-state index in [1.807, 2.05) is 0 Å². The SMILES string of the molecule is CC(CN1CCCC(C)(C)C1)C(=O)O. The molecular formula is C11H21NO2. The minimum Gasteiger partial charge on any atom is -0.481 e. The molecule has 1 aliphatic rings. The van der Waals surface area contributed by atoms with Crippen LogP contribution in [0.25, 0.3) is 0 Å². The molecule has 3 nitrogen and oxygen atoms in total. The number of hydrogen-bond acceptors (Lipinski definition) is 2. The Kier molecular flexibility index (Phi) is 3.53. The summed E-state index contributed by atoms with van der Waals surface area (Å²) in [6, 6.07) is 0. The van der Waals surface area contributed by atoms with Crippen LogP contribution >= 0.6 is 0 Å². The van der Waals surface area contributed by atoms with Crippen LogP contribution in [0.2, 0.25) is 0 Å². The van der Waals surface area contributed by atoms with Gasteiger partial charge in [0, 0.05) is 13.1 Å². The predicted molar refractivity (Wildman–Crippen MR) is 56.3 cm³/mol. The topological polar surface area (TPSA) is 40.5 Å². The molecular weight excluding hydrogens is 178 g/mol. The third-order valence-corrected chi connectivity index (χ3v) is 2.93. The molecule has 0 aromatic rings. The minimum atomic E-state index is -0.687. The molecule has 1 rings (SSSR count). The third kappa shape index (κ3) is 3.29. The van der Waals surface area contributed by atoms with E-state index in [-0.39, 0.29) is 5.92 Å². The number of hydrogen-bond donors (Lipinski definition) is 1. The van der Waals surface area contributed by atoms with E-state index in [2.05, 4.69) is 18.7 Å². The van der Waals surface area contributed by atoms with Gasteiger partial charge in [-0.15, -0.1) is 0 Å². The highest BCUT2D eigenvalue weighted by Crippen LogP contribution is 2.28. The number of rotatable bonds is 3. The zero-order valence-corrected chi connectivity index (χ0v) is 9.42. The summed E-state index contributed by atoms with van der Waals surface area (Å²) in [5, 5.41) is 8.82. The maximum Gasteiger partial charge on any atom is 0.307 e. The number of carboxylic acid groups (broad SMARTS) is 1. The Morgan fingerprint density at radius 1 is 1.57 bits per heavy atom. The van der Waals surface area contributed by atoms with E-state index >= 15 is 0 Å². The van der Waals surface area contributed by atoms with Crippen LogP contribution in [0.1, 0.15) is 33.6 Å². The molecule has 1 atom stereocenters. The molecule has 1 aliphatic heterocycles. The number of aliphatic carboxylic acids is 1. The van der Waals surface area contributed by atoms with E-state index in [0.717, 1.165) is 13.1 Å². The van der Waals surface area contributed by atoms with Gasteiger partial charge in [0.15, 0.2) is 0 Å². The molecule has 1 unspecified atom stereocenters. The molecule has 14 heavy (non-hydrogen) atoms. The molecule has 0 aromatic heterocycles. The summed E-state index contributed by atoms with van der Waals surface area (Å²) in [7, 11) is 0. The number of carboxylic acids is 1. The molecule has 3 heteroatoms. The van der Waals surface area contributed by atoms with Gasteiger partial charge in [0.05, 0.1) is 5.92 Å². The van der Waals surface area contributed by atoms with Gasteiger partial charge in [-0.3, -0.25) is 4.79 Å². The van der Waals surface area contributed by atoms with Crippen LogP contribution in [0.4, 0.5) is 0 Å². The van der Waals surface area contributed by atoms with Gasteiger partial charge < -0.3 is 10.0 Å². The van der Waals surface area contributed by atoms with Crippen LogP contribution in [-0.2, 0) is 4.79 Å². The predicted octanol–water partition coefficient (Wildman–Crippen LogP) is 1.83. The van der Waals surface area contributed by atoms with Crippen LogP contribution in [0, 0.1) is 11.3 Å². The standard InChI is InChI=1S/C11H21NO2/c1-9(10(13)14)7-12-6-4-5-11(2,3)8-12/h9H,4-8H2,1-3H3,(H,13,14). The van der Waals surface area contributed by atoms with Crippen molar-refractivity contribution in [1.29, 1.82) is 0 Å². The third-order valence-electron chi connectivity index (χ3n) is 2.93. The van der Waals surface area contributed by atoms with Gasteiger partial charge in [0.2, 0.25) is 0 Å². The summed E-state index contributed by atoms with van der Waals surface area (Å²) < 4.78 is 0. The first-order chi connectivity index (χ1) is 6.41. The normalized spacial score (nSPS) is 24.5. The fraction of sp³-hybridized carbons (Fsp3) is 0.909. The zero-order valence-electron chi connectivity index (χ0n) is 9.42. The van der Waals surface area contributed by atoms with Crippen molar-refractivity contribution >= 4 is 5.97 Å². The van der Waals surface area contributed by atoms with Crippen molar-refractivity contribution < 1.29 is 9.90 Å². The Morgan fingerprint density at radius 3 is 2.71 bits per heavy atom. The van der Waals surface area contributed by atoms with Crippen molar-refractivity contribution in [3.05, 3.63) is 0 Å². The summed E-state index contributed by atoms with van der Waals surface area (Å²) in [6.07, 6.45) is 2.45. The molecule has 0 spiro atoms. The Balaban J connectivity index is 2.42. The first-order valence-corrected chi connectivity index (χ1v) is 5.36. The van der Waals surface area contributed by atoms with Crippen LogP contribution in [0.5, 0.6) is 0 Å². The Hall–Kier alpha value is -0.570.